The molecule has 0 aromatic heterocycles. The highest BCUT2D eigenvalue weighted by atomic mass is 32.2. The van der Waals surface area contributed by atoms with Crippen molar-refractivity contribution in [2.75, 3.05) is 5.01 Å². The van der Waals surface area contributed by atoms with Gasteiger partial charge in [0.05, 0.1) is 22.3 Å². The van der Waals surface area contributed by atoms with Gasteiger partial charge in [-0.1, -0.05) is 54.1 Å². The standard InChI is InChI=1S/C23H21N3O2S/c1-15-6-8-16(9-7-15)23-21-14-17-4-2-3-5-20(17)22(21)25-26(23)18-10-12-19(13-11-18)29(24,27)28/h2-13,21,23H,14H2,1H3,(H2,24,27,28). The maximum absolute atomic E-state index is 11.6. The van der Waals surface area contributed by atoms with Crippen molar-refractivity contribution in [1.82, 2.24) is 0 Å². The van der Waals surface area contributed by atoms with Crippen LogP contribution in [-0.4, -0.2) is 14.1 Å². The van der Waals surface area contributed by atoms with Crippen molar-refractivity contribution in [3.05, 3.63) is 95.1 Å². The number of anilines is 1. The summed E-state index contributed by atoms with van der Waals surface area (Å²) < 4.78 is 23.2. The lowest BCUT2D eigenvalue weighted by Crippen LogP contribution is -2.25. The maximum Gasteiger partial charge on any atom is 0.238 e. The zero-order chi connectivity index (χ0) is 20.2. The molecule has 29 heavy (non-hydrogen) atoms. The van der Waals surface area contributed by atoms with Gasteiger partial charge >= 0.3 is 0 Å². The third-order valence-corrected chi connectivity index (χ3v) is 6.72. The Kier molecular flexibility index (Phi) is 4.08. The molecule has 5 nitrogen and oxygen atoms in total. The molecule has 3 aromatic carbocycles. The summed E-state index contributed by atoms with van der Waals surface area (Å²) in [5.41, 5.74) is 6.90. The molecule has 146 valence electrons. The minimum atomic E-state index is -3.72. The van der Waals surface area contributed by atoms with E-state index in [0.717, 1.165) is 17.8 Å². The number of hydrogen-bond acceptors (Lipinski definition) is 4. The van der Waals surface area contributed by atoms with Crippen molar-refractivity contribution in [3.8, 4) is 0 Å². The van der Waals surface area contributed by atoms with Crippen LogP contribution < -0.4 is 10.1 Å². The summed E-state index contributed by atoms with van der Waals surface area (Å²) in [5.74, 6) is 0.257. The number of benzene rings is 3. The first kappa shape index (κ1) is 18.1. The highest BCUT2D eigenvalue weighted by molar-refractivity contribution is 7.89. The zero-order valence-electron chi connectivity index (χ0n) is 16.0. The fourth-order valence-corrected chi connectivity index (χ4v) is 4.88. The van der Waals surface area contributed by atoms with Crippen molar-refractivity contribution in [2.45, 2.75) is 24.3 Å². The first-order valence-electron chi connectivity index (χ1n) is 9.57. The Hall–Kier alpha value is -2.96. The molecule has 2 N–H and O–H groups in total. The molecule has 1 heterocycles. The number of hydrogen-bond donors (Lipinski definition) is 1. The molecule has 2 atom stereocenters. The second-order valence-electron chi connectivity index (χ2n) is 7.69. The van der Waals surface area contributed by atoms with Crippen LogP contribution in [0.3, 0.4) is 0 Å². The first-order chi connectivity index (χ1) is 13.9. The van der Waals surface area contributed by atoms with E-state index < -0.39 is 10.0 Å². The number of rotatable bonds is 3. The average Bonchev–Trinajstić information content (AvgIpc) is 3.24. The van der Waals surface area contributed by atoms with Gasteiger partial charge in [-0.2, -0.15) is 5.10 Å². The predicted octanol–water partition coefficient (Wildman–Crippen LogP) is 3.78. The Morgan fingerprint density at radius 2 is 1.66 bits per heavy atom. The van der Waals surface area contributed by atoms with Crippen LogP contribution in [0.15, 0.2) is 82.8 Å². The number of aryl methyl sites for hydroxylation is 1. The van der Waals surface area contributed by atoms with Gasteiger partial charge in [-0.15, -0.1) is 0 Å². The van der Waals surface area contributed by atoms with Gasteiger partial charge in [-0.25, -0.2) is 13.6 Å². The molecule has 3 aromatic rings. The highest BCUT2D eigenvalue weighted by Crippen LogP contribution is 2.46. The summed E-state index contributed by atoms with van der Waals surface area (Å²) in [6, 6.07) is 23.7. The number of nitrogens with zero attached hydrogens (tertiary/aromatic N) is 2. The molecular formula is C23H21N3O2S. The summed E-state index contributed by atoms with van der Waals surface area (Å²) in [5, 5.41) is 12.3. The number of primary sulfonamides is 1. The fraction of sp³-hybridized carbons (Fsp3) is 0.174. The number of fused-ring (bicyclic) bond motifs is 3. The minimum Gasteiger partial charge on any atom is -0.257 e. The summed E-state index contributed by atoms with van der Waals surface area (Å²) >= 11 is 0. The van der Waals surface area contributed by atoms with Gasteiger partial charge in [0, 0.05) is 11.5 Å². The summed E-state index contributed by atoms with van der Waals surface area (Å²) in [6.07, 6.45) is 0.944. The Morgan fingerprint density at radius 3 is 2.34 bits per heavy atom. The van der Waals surface area contributed by atoms with E-state index >= 15 is 0 Å². The largest absolute Gasteiger partial charge is 0.257 e. The molecule has 1 aliphatic carbocycles. The van der Waals surface area contributed by atoms with Crippen LogP contribution in [0.4, 0.5) is 5.69 Å². The SMILES string of the molecule is Cc1ccc(C2C3Cc4ccccc4C3=NN2c2ccc(S(N)(=O)=O)cc2)cc1. The van der Waals surface area contributed by atoms with Crippen LogP contribution in [0.1, 0.15) is 28.3 Å². The minimum absolute atomic E-state index is 0.0540. The van der Waals surface area contributed by atoms with E-state index in [-0.39, 0.29) is 16.9 Å². The molecule has 0 fully saturated rings. The summed E-state index contributed by atoms with van der Waals surface area (Å²) in [7, 11) is -3.72. The lowest BCUT2D eigenvalue weighted by molar-refractivity contribution is 0.556. The molecule has 0 radical (unpaired) electrons. The lowest BCUT2D eigenvalue weighted by atomic mass is 9.89. The fourth-order valence-electron chi connectivity index (χ4n) is 4.36. The van der Waals surface area contributed by atoms with Crippen molar-refractivity contribution < 1.29 is 8.42 Å². The van der Waals surface area contributed by atoms with Crippen molar-refractivity contribution in [3.63, 3.8) is 0 Å². The van der Waals surface area contributed by atoms with E-state index in [2.05, 4.69) is 49.4 Å². The first-order valence-corrected chi connectivity index (χ1v) is 11.1. The number of hydrazone groups is 1. The molecule has 2 aliphatic rings. The monoisotopic (exact) mass is 403 g/mol. The lowest BCUT2D eigenvalue weighted by Gasteiger charge is -2.28. The van der Waals surface area contributed by atoms with E-state index in [1.165, 1.54) is 22.3 Å². The second-order valence-corrected chi connectivity index (χ2v) is 9.25. The van der Waals surface area contributed by atoms with Crippen molar-refractivity contribution in [2.24, 2.45) is 16.2 Å². The summed E-state index contributed by atoms with van der Waals surface area (Å²) in [4.78, 5) is 0.102. The van der Waals surface area contributed by atoms with E-state index in [1.807, 2.05) is 11.1 Å². The molecule has 0 spiro atoms. The van der Waals surface area contributed by atoms with Crippen LogP contribution in [0.5, 0.6) is 0 Å². The van der Waals surface area contributed by atoms with Gasteiger partial charge < -0.3 is 0 Å². The number of sulfonamides is 1. The van der Waals surface area contributed by atoms with Gasteiger partial charge in [0.25, 0.3) is 0 Å². The van der Waals surface area contributed by atoms with E-state index in [4.69, 9.17) is 10.2 Å². The summed E-state index contributed by atoms with van der Waals surface area (Å²) in [6.45, 7) is 2.08. The Labute approximate surface area is 170 Å². The topological polar surface area (TPSA) is 75.8 Å². The molecule has 1 aliphatic heterocycles. The molecule has 6 heteroatoms. The van der Waals surface area contributed by atoms with E-state index in [9.17, 15) is 8.42 Å². The van der Waals surface area contributed by atoms with Gasteiger partial charge in [-0.3, -0.25) is 5.01 Å². The zero-order valence-corrected chi connectivity index (χ0v) is 16.8. The van der Waals surface area contributed by atoms with Gasteiger partial charge in [0.2, 0.25) is 10.0 Å². The van der Waals surface area contributed by atoms with Crippen molar-refractivity contribution >= 4 is 21.4 Å². The van der Waals surface area contributed by atoms with Crippen LogP contribution in [0.25, 0.3) is 0 Å². The van der Waals surface area contributed by atoms with Gasteiger partial charge in [0.1, 0.15) is 0 Å². The molecule has 0 amide bonds. The van der Waals surface area contributed by atoms with Crippen LogP contribution in [0, 0.1) is 12.8 Å². The van der Waals surface area contributed by atoms with Crippen LogP contribution in [0.2, 0.25) is 0 Å². The Bertz CT molecular complexity index is 1220. The molecule has 0 bridgehead atoms. The van der Waals surface area contributed by atoms with Crippen LogP contribution >= 0.6 is 0 Å². The van der Waals surface area contributed by atoms with Crippen LogP contribution in [-0.2, 0) is 16.4 Å². The molecule has 0 saturated heterocycles. The normalized spacial score (nSPS) is 20.3. The second kappa shape index (κ2) is 6.54. The number of nitrogens with two attached hydrogens (primary N) is 1. The Morgan fingerprint density at radius 1 is 0.966 bits per heavy atom. The quantitative estimate of drug-likeness (QED) is 0.723. The third-order valence-electron chi connectivity index (χ3n) is 5.79. The van der Waals surface area contributed by atoms with Gasteiger partial charge in [-0.05, 0) is 48.7 Å². The predicted molar refractivity (Wildman–Crippen MR) is 114 cm³/mol. The Balaban J connectivity index is 1.61. The molecule has 0 saturated carbocycles. The van der Waals surface area contributed by atoms with E-state index in [1.54, 1.807) is 24.3 Å². The average molecular weight is 404 g/mol. The maximum atomic E-state index is 11.6. The molecule has 5 rings (SSSR count). The third kappa shape index (κ3) is 3.05. The highest BCUT2D eigenvalue weighted by Gasteiger charge is 2.43. The molecule has 2 unspecified atom stereocenters. The van der Waals surface area contributed by atoms with Crippen molar-refractivity contribution in [1.29, 1.82) is 0 Å². The van der Waals surface area contributed by atoms with Gasteiger partial charge in [0.15, 0.2) is 0 Å². The smallest absolute Gasteiger partial charge is 0.238 e. The molecular weight excluding hydrogens is 382 g/mol. The van der Waals surface area contributed by atoms with E-state index in [0.29, 0.717) is 0 Å².